The Morgan fingerprint density at radius 2 is 1.63 bits per heavy atom. The molecule has 1 aliphatic heterocycles. The van der Waals surface area contributed by atoms with Crippen molar-refractivity contribution in [3.05, 3.63) is 77.3 Å². The van der Waals surface area contributed by atoms with Crippen LogP contribution in [0.15, 0.2) is 61.2 Å². The van der Waals surface area contributed by atoms with E-state index < -0.39 is 35.6 Å². The summed E-state index contributed by atoms with van der Waals surface area (Å²) in [6.45, 7) is 6.91. The topological polar surface area (TPSA) is 66.4 Å². The van der Waals surface area contributed by atoms with Crippen molar-refractivity contribution in [3.63, 3.8) is 0 Å². The van der Waals surface area contributed by atoms with E-state index in [0.717, 1.165) is 22.3 Å². The van der Waals surface area contributed by atoms with E-state index in [4.69, 9.17) is 11.6 Å². The lowest BCUT2D eigenvalue weighted by atomic mass is 9.90. The Morgan fingerprint density at radius 1 is 1.00 bits per heavy atom. The number of aryl methyl sites for hydroxylation is 2. The van der Waals surface area contributed by atoms with Gasteiger partial charge in [-0.25, -0.2) is 9.97 Å². The molecule has 1 fully saturated rings. The van der Waals surface area contributed by atoms with E-state index in [2.05, 4.69) is 9.97 Å². The van der Waals surface area contributed by atoms with Crippen molar-refractivity contribution < 1.29 is 22.8 Å². The molecule has 38 heavy (non-hydrogen) atoms. The van der Waals surface area contributed by atoms with Crippen LogP contribution in [-0.2, 0) is 16.0 Å². The van der Waals surface area contributed by atoms with Crippen LogP contribution in [0.3, 0.4) is 0 Å². The minimum absolute atomic E-state index is 0.0249. The molecule has 1 aromatic heterocycles. The number of carbonyl (C=O) groups excluding carboxylic acids is 2. The van der Waals surface area contributed by atoms with Gasteiger partial charge >= 0.3 is 12.1 Å². The summed E-state index contributed by atoms with van der Waals surface area (Å²) in [7, 11) is 0. The Balaban J connectivity index is 1.69. The lowest BCUT2D eigenvalue weighted by Crippen LogP contribution is -2.55. The largest absolute Gasteiger partial charge is 0.471 e. The molecule has 1 saturated heterocycles. The van der Waals surface area contributed by atoms with E-state index in [1.807, 2.05) is 24.3 Å². The normalized spacial score (nSPS) is 18.3. The monoisotopic (exact) mass is 544 g/mol. The van der Waals surface area contributed by atoms with E-state index in [9.17, 15) is 22.8 Å². The molecule has 0 unspecified atom stereocenters. The zero-order chi connectivity index (χ0) is 27.8. The number of carbonyl (C=O) groups is 2. The molecule has 3 aromatic rings. The van der Waals surface area contributed by atoms with Crippen molar-refractivity contribution in [2.75, 3.05) is 4.90 Å². The minimum Gasteiger partial charge on any atom is -0.301 e. The van der Waals surface area contributed by atoms with Crippen molar-refractivity contribution >= 4 is 29.1 Å². The highest BCUT2D eigenvalue weighted by Gasteiger charge is 2.58. The predicted octanol–water partition coefficient (Wildman–Crippen LogP) is 6.22. The van der Waals surface area contributed by atoms with Crippen LogP contribution in [-0.4, -0.2) is 45.1 Å². The molecule has 200 valence electrons. The first-order valence-corrected chi connectivity index (χ1v) is 12.5. The molecule has 0 spiro atoms. The lowest BCUT2D eigenvalue weighted by Gasteiger charge is -2.40. The van der Waals surface area contributed by atoms with E-state index in [0.29, 0.717) is 22.0 Å². The number of aromatic nitrogens is 2. The Kier molecular flexibility index (Phi) is 7.52. The molecular formula is C28H28ClF3N4O2. The van der Waals surface area contributed by atoms with Crippen LogP contribution in [0.25, 0.3) is 11.1 Å². The standard InChI is InChI=1S/C28H28ClF3N4O2/c1-17-11-21(29)13-22(12-17)35-24(37)23(36(25(35)27(2,3)4)26(38)28(30,31)32)10-7-18-5-8-19(9-6-18)20-14-33-16-34-15-20/h5-6,8-9,11-16,23,25H,7,10H2,1-4H3/t23-,25+/m0/s1. The molecule has 6 nitrogen and oxygen atoms in total. The Bertz CT molecular complexity index is 1300. The molecule has 0 bridgehead atoms. The third-order valence-corrected chi connectivity index (χ3v) is 6.70. The van der Waals surface area contributed by atoms with Gasteiger partial charge < -0.3 is 4.90 Å². The molecule has 0 N–H and O–H groups in total. The molecule has 1 aliphatic rings. The maximum absolute atomic E-state index is 13.8. The van der Waals surface area contributed by atoms with Gasteiger partial charge in [-0.3, -0.25) is 14.5 Å². The van der Waals surface area contributed by atoms with Gasteiger partial charge in [-0.15, -0.1) is 0 Å². The molecule has 2 atom stereocenters. The number of amides is 2. The highest BCUT2D eigenvalue weighted by atomic mass is 35.5. The summed E-state index contributed by atoms with van der Waals surface area (Å²) in [6, 6.07) is 11.0. The fourth-order valence-corrected chi connectivity index (χ4v) is 5.18. The summed E-state index contributed by atoms with van der Waals surface area (Å²) in [4.78, 5) is 36.6. The Morgan fingerprint density at radius 3 is 2.18 bits per heavy atom. The van der Waals surface area contributed by atoms with Gasteiger partial charge in [0.2, 0.25) is 0 Å². The summed E-state index contributed by atoms with van der Waals surface area (Å²) in [6.07, 6.45) is -1.19. The van der Waals surface area contributed by atoms with Gasteiger partial charge in [0.05, 0.1) is 0 Å². The number of hydrogen-bond donors (Lipinski definition) is 0. The van der Waals surface area contributed by atoms with E-state index in [1.165, 1.54) is 17.3 Å². The second-order valence-electron chi connectivity index (χ2n) is 10.5. The van der Waals surface area contributed by atoms with Crippen LogP contribution < -0.4 is 4.90 Å². The summed E-state index contributed by atoms with van der Waals surface area (Å²) < 4.78 is 41.5. The second-order valence-corrected chi connectivity index (χ2v) is 11.0. The first-order valence-electron chi connectivity index (χ1n) is 12.1. The van der Waals surface area contributed by atoms with Gasteiger partial charge in [0.15, 0.2) is 0 Å². The van der Waals surface area contributed by atoms with Crippen LogP contribution in [0.4, 0.5) is 18.9 Å². The summed E-state index contributed by atoms with van der Waals surface area (Å²) >= 11 is 6.24. The third-order valence-electron chi connectivity index (χ3n) is 6.48. The van der Waals surface area contributed by atoms with Gasteiger partial charge in [-0.2, -0.15) is 13.2 Å². The van der Waals surface area contributed by atoms with Gasteiger partial charge in [0, 0.05) is 34.1 Å². The Labute approximate surface area is 224 Å². The lowest BCUT2D eigenvalue weighted by molar-refractivity contribution is -0.190. The smallest absolute Gasteiger partial charge is 0.301 e. The predicted molar refractivity (Wildman–Crippen MR) is 139 cm³/mol. The number of alkyl halides is 3. The molecule has 0 saturated carbocycles. The van der Waals surface area contributed by atoms with Crippen molar-refractivity contribution in [1.82, 2.24) is 14.9 Å². The quantitative estimate of drug-likeness (QED) is 0.383. The van der Waals surface area contributed by atoms with Crippen LogP contribution in [0.5, 0.6) is 0 Å². The number of hydrogen-bond acceptors (Lipinski definition) is 4. The van der Waals surface area contributed by atoms with E-state index in [-0.39, 0.29) is 6.42 Å². The van der Waals surface area contributed by atoms with Crippen molar-refractivity contribution in [2.45, 2.75) is 58.9 Å². The molecular weight excluding hydrogens is 517 g/mol. The molecule has 0 aliphatic carbocycles. The highest BCUT2D eigenvalue weighted by Crippen LogP contribution is 2.42. The zero-order valence-electron chi connectivity index (χ0n) is 21.5. The van der Waals surface area contributed by atoms with Crippen molar-refractivity contribution in [2.24, 2.45) is 5.41 Å². The molecule has 0 radical (unpaired) electrons. The summed E-state index contributed by atoms with van der Waals surface area (Å²) in [5, 5.41) is 0.349. The maximum atomic E-state index is 13.8. The fourth-order valence-electron chi connectivity index (χ4n) is 4.90. The van der Waals surface area contributed by atoms with Crippen molar-refractivity contribution in [1.29, 1.82) is 0 Å². The SMILES string of the molecule is Cc1cc(Cl)cc(N2C(=O)[C@H](CCc3ccc(-c4cncnc4)cc3)N(C(=O)C(F)(F)F)[C@@H]2C(C)(C)C)c1. The average Bonchev–Trinajstić information content (AvgIpc) is 3.14. The fraction of sp³-hybridized carbons (Fsp3) is 0.357. The first kappa shape index (κ1) is 27.6. The van der Waals surface area contributed by atoms with Crippen LogP contribution >= 0.6 is 11.6 Å². The summed E-state index contributed by atoms with van der Waals surface area (Å²) in [5.74, 6) is -2.60. The van der Waals surface area contributed by atoms with Gasteiger partial charge in [0.1, 0.15) is 18.5 Å². The molecule has 2 amide bonds. The van der Waals surface area contributed by atoms with E-state index >= 15 is 0 Å². The molecule has 4 rings (SSSR count). The average molecular weight is 545 g/mol. The Hall–Kier alpha value is -3.46. The number of rotatable bonds is 5. The zero-order valence-corrected chi connectivity index (χ0v) is 22.2. The van der Waals surface area contributed by atoms with Crippen LogP contribution in [0, 0.1) is 12.3 Å². The number of benzene rings is 2. The van der Waals surface area contributed by atoms with Gasteiger partial charge in [-0.1, -0.05) is 56.6 Å². The highest BCUT2D eigenvalue weighted by molar-refractivity contribution is 6.31. The molecule has 2 aromatic carbocycles. The van der Waals surface area contributed by atoms with Crippen LogP contribution in [0.2, 0.25) is 5.02 Å². The summed E-state index contributed by atoms with van der Waals surface area (Å²) in [5.41, 5.74) is 2.75. The molecule has 10 heteroatoms. The van der Waals surface area contributed by atoms with Crippen molar-refractivity contribution in [3.8, 4) is 11.1 Å². The molecule has 2 heterocycles. The number of anilines is 1. The number of nitrogens with zero attached hydrogens (tertiary/aromatic N) is 4. The van der Waals surface area contributed by atoms with Gasteiger partial charge in [0.25, 0.3) is 5.91 Å². The third kappa shape index (κ3) is 5.67. The minimum atomic E-state index is -5.14. The maximum Gasteiger partial charge on any atom is 0.471 e. The first-order chi connectivity index (χ1) is 17.8. The van der Waals surface area contributed by atoms with Crippen LogP contribution in [0.1, 0.15) is 38.3 Å². The van der Waals surface area contributed by atoms with Gasteiger partial charge in [-0.05, 0) is 54.7 Å². The second kappa shape index (κ2) is 10.4. The number of halogens is 4. The van der Waals surface area contributed by atoms with E-state index in [1.54, 1.807) is 52.2 Å².